The van der Waals surface area contributed by atoms with Gasteiger partial charge in [-0.25, -0.2) is 0 Å². The summed E-state index contributed by atoms with van der Waals surface area (Å²) in [4.78, 5) is 2.42. The normalized spacial score (nSPS) is 12.5. The molecule has 10 aromatic rings. The predicted molar refractivity (Wildman–Crippen MR) is 263 cm³/mol. The van der Waals surface area contributed by atoms with Crippen molar-refractivity contribution in [2.75, 3.05) is 4.90 Å². The molecule has 0 radical (unpaired) electrons. The molecule has 0 N–H and O–H groups in total. The number of rotatable bonds is 8. The molecule has 0 aromatic heterocycles. The van der Waals surface area contributed by atoms with Crippen LogP contribution in [0.2, 0.25) is 0 Å². The Morgan fingerprint density at radius 3 is 1.44 bits per heavy atom. The molecule has 0 fully saturated rings. The largest absolute Gasteiger partial charge is 0.310 e. The van der Waals surface area contributed by atoms with Crippen molar-refractivity contribution in [3.63, 3.8) is 0 Å². The van der Waals surface area contributed by atoms with E-state index >= 15 is 0 Å². The predicted octanol–water partition coefficient (Wildman–Crippen LogP) is 17.0. The molecule has 1 nitrogen and oxygen atoms in total. The second-order valence-electron chi connectivity index (χ2n) is 16.9. The summed E-state index contributed by atoms with van der Waals surface area (Å²) in [6, 6.07) is 86.6. The van der Waals surface area contributed by atoms with Crippen LogP contribution in [0.5, 0.6) is 0 Å². The molecule has 0 heterocycles. The molecule has 0 spiro atoms. The molecule has 0 aliphatic heterocycles. The minimum Gasteiger partial charge on any atom is -0.310 e. The summed E-state index contributed by atoms with van der Waals surface area (Å²) >= 11 is 0. The molecule has 0 bridgehead atoms. The third-order valence-corrected chi connectivity index (χ3v) is 12.9. The molecule has 0 amide bonds. The van der Waals surface area contributed by atoms with Crippen molar-refractivity contribution >= 4 is 27.8 Å². The number of benzene rings is 10. The molecule has 1 aliphatic carbocycles. The van der Waals surface area contributed by atoms with Crippen molar-refractivity contribution in [2.45, 2.75) is 19.3 Å². The lowest BCUT2D eigenvalue weighted by atomic mass is 9.82. The van der Waals surface area contributed by atoms with E-state index in [1.165, 1.54) is 88.7 Å². The highest BCUT2D eigenvalue weighted by Crippen LogP contribution is 2.51. The van der Waals surface area contributed by atoms with E-state index in [4.69, 9.17) is 0 Å². The summed E-state index contributed by atoms with van der Waals surface area (Å²) in [6.45, 7) is 4.71. The van der Waals surface area contributed by atoms with Gasteiger partial charge in [0.15, 0.2) is 0 Å². The van der Waals surface area contributed by atoms with E-state index in [2.05, 4.69) is 255 Å². The Balaban J connectivity index is 1.04. The fourth-order valence-corrected chi connectivity index (χ4v) is 9.76. The standard InChI is InChI=1S/C61H45N/c1-61(2)58-28-15-14-24-55(58)56-38-37-51(41-59(56)61)62(49-34-31-43(32-35-49)42-17-6-3-7-18-42)50-36-33-46-39-48(30-29-47(46)40-50)54-27-16-26-53(45-21-10-5-11-22-45)60(54)57-25-13-12-23-52(57)44-19-8-4-9-20-44/h3-41H,1-2H3. The van der Waals surface area contributed by atoms with Gasteiger partial charge in [0.05, 0.1) is 0 Å². The maximum Gasteiger partial charge on any atom is 0.0468 e. The monoisotopic (exact) mass is 791 g/mol. The molecule has 1 aliphatic rings. The van der Waals surface area contributed by atoms with Crippen LogP contribution in [-0.2, 0) is 5.41 Å². The Hall–Kier alpha value is -7.74. The summed E-state index contributed by atoms with van der Waals surface area (Å²) < 4.78 is 0. The minimum atomic E-state index is -0.108. The molecule has 1 heteroatoms. The minimum absolute atomic E-state index is 0.108. The van der Waals surface area contributed by atoms with Gasteiger partial charge in [0.1, 0.15) is 0 Å². The molecule has 10 aromatic carbocycles. The molecule has 0 atom stereocenters. The third-order valence-electron chi connectivity index (χ3n) is 12.9. The average Bonchev–Trinajstić information content (AvgIpc) is 3.57. The zero-order valence-corrected chi connectivity index (χ0v) is 35.0. The fraction of sp³-hybridized carbons (Fsp3) is 0.0492. The molecular formula is C61H45N. The Labute approximate surface area is 364 Å². The van der Waals surface area contributed by atoms with Crippen LogP contribution in [0.3, 0.4) is 0 Å². The smallest absolute Gasteiger partial charge is 0.0468 e. The van der Waals surface area contributed by atoms with Crippen LogP contribution in [0.4, 0.5) is 17.1 Å². The van der Waals surface area contributed by atoms with E-state index < -0.39 is 0 Å². The van der Waals surface area contributed by atoms with Gasteiger partial charge in [0.25, 0.3) is 0 Å². The van der Waals surface area contributed by atoms with Crippen molar-refractivity contribution in [3.8, 4) is 66.8 Å². The van der Waals surface area contributed by atoms with Crippen molar-refractivity contribution in [1.82, 2.24) is 0 Å². The number of hydrogen-bond acceptors (Lipinski definition) is 1. The molecule has 11 rings (SSSR count). The van der Waals surface area contributed by atoms with Gasteiger partial charge in [-0.3, -0.25) is 0 Å². The zero-order chi connectivity index (χ0) is 41.6. The summed E-state index contributed by atoms with van der Waals surface area (Å²) in [5.41, 5.74) is 20.8. The third kappa shape index (κ3) is 6.51. The van der Waals surface area contributed by atoms with Crippen LogP contribution < -0.4 is 4.90 Å². The number of hydrogen-bond donors (Lipinski definition) is 0. The van der Waals surface area contributed by atoms with Gasteiger partial charge >= 0.3 is 0 Å². The summed E-state index contributed by atoms with van der Waals surface area (Å²) in [7, 11) is 0. The van der Waals surface area contributed by atoms with E-state index in [0.717, 1.165) is 17.1 Å². The SMILES string of the molecule is CC1(C)c2ccccc2-c2ccc(N(c3ccc(-c4ccccc4)cc3)c3ccc4cc(-c5cccc(-c6ccccc6)c5-c5ccccc5-c5ccccc5)ccc4c3)cc21. The molecular weight excluding hydrogens is 747 g/mol. The lowest BCUT2D eigenvalue weighted by molar-refractivity contribution is 0.660. The molecule has 0 saturated heterocycles. The highest BCUT2D eigenvalue weighted by Gasteiger charge is 2.35. The van der Waals surface area contributed by atoms with E-state index in [-0.39, 0.29) is 5.41 Å². The lowest BCUT2D eigenvalue weighted by Crippen LogP contribution is -2.16. The second kappa shape index (κ2) is 15.4. The van der Waals surface area contributed by atoms with Crippen LogP contribution in [0, 0.1) is 0 Å². The zero-order valence-electron chi connectivity index (χ0n) is 35.0. The van der Waals surface area contributed by atoms with E-state index in [0.29, 0.717) is 0 Å². The van der Waals surface area contributed by atoms with Crippen molar-refractivity contribution in [1.29, 1.82) is 0 Å². The highest BCUT2D eigenvalue weighted by molar-refractivity contribution is 6.01. The van der Waals surface area contributed by atoms with Crippen LogP contribution in [0.1, 0.15) is 25.0 Å². The first-order valence-electron chi connectivity index (χ1n) is 21.6. The van der Waals surface area contributed by atoms with Gasteiger partial charge < -0.3 is 4.90 Å². The summed E-state index contributed by atoms with van der Waals surface area (Å²) in [5.74, 6) is 0. The molecule has 62 heavy (non-hydrogen) atoms. The van der Waals surface area contributed by atoms with Crippen LogP contribution in [-0.4, -0.2) is 0 Å². The first kappa shape index (κ1) is 37.3. The summed E-state index contributed by atoms with van der Waals surface area (Å²) in [6.07, 6.45) is 0. The molecule has 294 valence electrons. The van der Waals surface area contributed by atoms with E-state index in [1.807, 2.05) is 0 Å². The Morgan fingerprint density at radius 1 is 0.274 bits per heavy atom. The number of fused-ring (bicyclic) bond motifs is 4. The first-order chi connectivity index (χ1) is 30.5. The molecule has 0 unspecified atom stereocenters. The van der Waals surface area contributed by atoms with Crippen LogP contribution >= 0.6 is 0 Å². The topological polar surface area (TPSA) is 3.24 Å². The van der Waals surface area contributed by atoms with Gasteiger partial charge in [-0.05, 0) is 131 Å². The van der Waals surface area contributed by atoms with Gasteiger partial charge in [-0.2, -0.15) is 0 Å². The van der Waals surface area contributed by atoms with E-state index in [1.54, 1.807) is 0 Å². The number of anilines is 3. The average molecular weight is 792 g/mol. The van der Waals surface area contributed by atoms with Crippen molar-refractivity contribution in [3.05, 3.63) is 248 Å². The molecule has 0 saturated carbocycles. The highest BCUT2D eigenvalue weighted by atomic mass is 15.1. The van der Waals surface area contributed by atoms with Crippen molar-refractivity contribution < 1.29 is 0 Å². The van der Waals surface area contributed by atoms with Crippen molar-refractivity contribution in [2.24, 2.45) is 0 Å². The maximum absolute atomic E-state index is 2.42. The first-order valence-corrected chi connectivity index (χ1v) is 21.6. The van der Waals surface area contributed by atoms with E-state index in [9.17, 15) is 0 Å². The Bertz CT molecular complexity index is 3240. The fourth-order valence-electron chi connectivity index (χ4n) is 9.76. The van der Waals surface area contributed by atoms with Gasteiger partial charge in [-0.1, -0.05) is 208 Å². The lowest BCUT2D eigenvalue weighted by Gasteiger charge is -2.28. The van der Waals surface area contributed by atoms with Crippen LogP contribution in [0.15, 0.2) is 237 Å². The Morgan fingerprint density at radius 2 is 0.726 bits per heavy atom. The van der Waals surface area contributed by atoms with Crippen LogP contribution in [0.25, 0.3) is 77.5 Å². The van der Waals surface area contributed by atoms with Gasteiger partial charge in [0.2, 0.25) is 0 Å². The maximum atomic E-state index is 2.42. The van der Waals surface area contributed by atoms with Gasteiger partial charge in [-0.15, -0.1) is 0 Å². The Kier molecular flexibility index (Phi) is 9.24. The van der Waals surface area contributed by atoms with Gasteiger partial charge in [0, 0.05) is 22.5 Å². The quantitative estimate of drug-likeness (QED) is 0.148. The number of nitrogens with zero attached hydrogens (tertiary/aromatic N) is 1. The summed E-state index contributed by atoms with van der Waals surface area (Å²) in [5, 5.41) is 2.39. The second-order valence-corrected chi connectivity index (χ2v) is 16.9.